The van der Waals surface area contributed by atoms with Gasteiger partial charge in [-0.1, -0.05) is 40.0 Å². The van der Waals surface area contributed by atoms with Gasteiger partial charge in [0.1, 0.15) is 10.0 Å². The molecule has 0 unspecified atom stereocenters. The SMILES string of the molecule is CCOCCCn1c(=O)c2ccccc2n2c(SCc3nnsc3Cl)nnc12. The van der Waals surface area contributed by atoms with Crippen molar-refractivity contribution in [2.45, 2.75) is 30.8 Å². The Morgan fingerprint density at radius 1 is 1.25 bits per heavy atom. The fraction of sp³-hybridized carbons (Fsp3) is 0.353. The summed E-state index contributed by atoms with van der Waals surface area (Å²) in [6.45, 7) is 3.71. The normalized spacial score (nSPS) is 11.6. The minimum atomic E-state index is -0.0738. The first-order valence-electron chi connectivity index (χ1n) is 8.74. The zero-order chi connectivity index (χ0) is 19.5. The number of nitrogens with zero attached hydrogens (tertiary/aromatic N) is 6. The van der Waals surface area contributed by atoms with Gasteiger partial charge in [0.25, 0.3) is 5.56 Å². The molecule has 8 nitrogen and oxygen atoms in total. The Morgan fingerprint density at radius 3 is 2.89 bits per heavy atom. The van der Waals surface area contributed by atoms with Crippen LogP contribution in [0.2, 0.25) is 4.34 Å². The molecule has 0 radical (unpaired) electrons. The maximum Gasteiger partial charge on any atom is 0.262 e. The summed E-state index contributed by atoms with van der Waals surface area (Å²) in [6, 6.07) is 7.49. The van der Waals surface area contributed by atoms with Crippen molar-refractivity contribution >= 4 is 51.6 Å². The second kappa shape index (κ2) is 8.56. The molecule has 0 aliphatic rings. The number of rotatable bonds is 8. The van der Waals surface area contributed by atoms with Gasteiger partial charge in [0.05, 0.1) is 10.9 Å². The van der Waals surface area contributed by atoms with Gasteiger partial charge in [-0.25, -0.2) is 0 Å². The smallest absolute Gasteiger partial charge is 0.262 e. The lowest BCUT2D eigenvalue weighted by atomic mass is 10.2. The van der Waals surface area contributed by atoms with E-state index in [9.17, 15) is 4.79 Å². The first-order chi connectivity index (χ1) is 13.7. The van der Waals surface area contributed by atoms with Crippen molar-refractivity contribution in [2.24, 2.45) is 0 Å². The number of para-hydroxylation sites is 1. The van der Waals surface area contributed by atoms with Gasteiger partial charge in [0.2, 0.25) is 5.78 Å². The Hall–Kier alpha value is -2.01. The molecule has 4 aromatic rings. The summed E-state index contributed by atoms with van der Waals surface area (Å²) in [5.41, 5.74) is 1.41. The molecule has 11 heteroatoms. The lowest BCUT2D eigenvalue weighted by Gasteiger charge is -2.11. The fourth-order valence-corrected chi connectivity index (χ4v) is 4.59. The number of aromatic nitrogens is 6. The number of ether oxygens (including phenoxy) is 1. The molecule has 3 aromatic heterocycles. The first-order valence-corrected chi connectivity index (χ1v) is 10.9. The molecule has 0 atom stereocenters. The number of thioether (sulfide) groups is 1. The number of halogens is 1. The van der Waals surface area contributed by atoms with Crippen LogP contribution in [0.5, 0.6) is 0 Å². The van der Waals surface area contributed by atoms with E-state index in [1.54, 1.807) is 4.57 Å². The van der Waals surface area contributed by atoms with E-state index < -0.39 is 0 Å². The highest BCUT2D eigenvalue weighted by molar-refractivity contribution is 7.98. The largest absolute Gasteiger partial charge is 0.382 e. The Bertz CT molecular complexity index is 1170. The summed E-state index contributed by atoms with van der Waals surface area (Å²) in [4.78, 5) is 13.0. The third-order valence-electron chi connectivity index (χ3n) is 4.20. The Morgan fingerprint density at radius 2 is 2.11 bits per heavy atom. The quantitative estimate of drug-likeness (QED) is 0.309. The molecule has 28 heavy (non-hydrogen) atoms. The van der Waals surface area contributed by atoms with Crippen molar-refractivity contribution in [2.75, 3.05) is 13.2 Å². The van der Waals surface area contributed by atoms with E-state index in [4.69, 9.17) is 16.3 Å². The number of fused-ring (bicyclic) bond motifs is 3. The lowest BCUT2D eigenvalue weighted by molar-refractivity contribution is 0.141. The molecule has 0 N–H and O–H groups in total. The monoisotopic (exact) mass is 436 g/mol. The molecule has 146 valence electrons. The van der Waals surface area contributed by atoms with Crippen LogP contribution in [0.1, 0.15) is 19.0 Å². The number of hydrogen-bond acceptors (Lipinski definition) is 8. The second-order valence-corrected chi connectivity index (χ2v) is 8.22. The predicted molar refractivity (Wildman–Crippen MR) is 110 cm³/mol. The van der Waals surface area contributed by atoms with Crippen LogP contribution in [0.25, 0.3) is 16.7 Å². The number of aryl methyl sites for hydroxylation is 1. The van der Waals surface area contributed by atoms with Crippen LogP contribution >= 0.6 is 34.9 Å². The topological polar surface area (TPSA) is 87.2 Å². The van der Waals surface area contributed by atoms with Crippen molar-refractivity contribution in [3.8, 4) is 0 Å². The number of benzene rings is 1. The minimum Gasteiger partial charge on any atom is -0.382 e. The molecule has 0 saturated carbocycles. The highest BCUT2D eigenvalue weighted by Crippen LogP contribution is 2.27. The third kappa shape index (κ3) is 3.64. The average molecular weight is 437 g/mol. The Kier molecular flexibility index (Phi) is 5.90. The van der Waals surface area contributed by atoms with Crippen LogP contribution in [0, 0.1) is 0 Å². The van der Waals surface area contributed by atoms with Crippen LogP contribution in [0.3, 0.4) is 0 Å². The highest BCUT2D eigenvalue weighted by Gasteiger charge is 2.17. The average Bonchev–Trinajstić information content (AvgIpc) is 3.32. The van der Waals surface area contributed by atoms with Crippen LogP contribution in [-0.4, -0.2) is 42.0 Å². The molecule has 4 rings (SSSR count). The summed E-state index contributed by atoms with van der Waals surface area (Å²) in [5, 5.41) is 14.0. The fourth-order valence-electron chi connectivity index (χ4n) is 2.91. The summed E-state index contributed by atoms with van der Waals surface area (Å²) in [6.07, 6.45) is 0.719. The van der Waals surface area contributed by atoms with Gasteiger partial charge in [-0.3, -0.25) is 13.8 Å². The van der Waals surface area contributed by atoms with Gasteiger partial charge in [-0.2, -0.15) is 0 Å². The van der Waals surface area contributed by atoms with E-state index >= 15 is 0 Å². The summed E-state index contributed by atoms with van der Waals surface area (Å²) < 4.78 is 13.4. The summed E-state index contributed by atoms with van der Waals surface area (Å²) in [5.74, 6) is 1.04. The van der Waals surface area contributed by atoms with Crippen molar-refractivity contribution in [1.29, 1.82) is 0 Å². The molecule has 0 amide bonds. The zero-order valence-corrected chi connectivity index (χ0v) is 17.4. The van der Waals surface area contributed by atoms with Crippen molar-refractivity contribution in [3.63, 3.8) is 0 Å². The van der Waals surface area contributed by atoms with Gasteiger partial charge < -0.3 is 4.74 Å². The van der Waals surface area contributed by atoms with Gasteiger partial charge in [0.15, 0.2) is 5.16 Å². The van der Waals surface area contributed by atoms with Gasteiger partial charge in [0, 0.05) is 37.0 Å². The van der Waals surface area contributed by atoms with Crippen LogP contribution < -0.4 is 5.56 Å². The minimum absolute atomic E-state index is 0.0738. The zero-order valence-electron chi connectivity index (χ0n) is 15.0. The standard InChI is InChI=1S/C17H17ClN6O2S2/c1-2-26-9-5-8-23-15(25)11-6-3-4-7-13(11)24-16(23)20-21-17(24)27-10-12-14(18)28-22-19-12/h3-4,6-7H,2,5,8-10H2,1H3. The van der Waals surface area contributed by atoms with E-state index in [1.807, 2.05) is 35.6 Å². The molecule has 0 aliphatic heterocycles. The maximum atomic E-state index is 13.0. The molecular formula is C17H17ClN6O2S2. The van der Waals surface area contributed by atoms with Gasteiger partial charge in [-0.05, 0) is 25.5 Å². The molecular weight excluding hydrogens is 420 g/mol. The van der Waals surface area contributed by atoms with Crippen molar-refractivity contribution in [3.05, 3.63) is 44.6 Å². The third-order valence-corrected chi connectivity index (χ3v) is 6.12. The van der Waals surface area contributed by atoms with E-state index in [-0.39, 0.29) is 5.56 Å². The summed E-state index contributed by atoms with van der Waals surface area (Å²) in [7, 11) is 0. The second-order valence-electron chi connectivity index (χ2n) is 5.92. The van der Waals surface area contributed by atoms with Crippen molar-refractivity contribution in [1.82, 2.24) is 28.8 Å². The van der Waals surface area contributed by atoms with Gasteiger partial charge >= 0.3 is 0 Å². The Labute approximate surface area is 173 Å². The van der Waals surface area contributed by atoms with E-state index in [2.05, 4.69) is 19.8 Å². The van der Waals surface area contributed by atoms with Crippen molar-refractivity contribution < 1.29 is 4.74 Å². The summed E-state index contributed by atoms with van der Waals surface area (Å²) >= 11 is 8.72. The highest BCUT2D eigenvalue weighted by atomic mass is 35.5. The van der Waals surface area contributed by atoms with E-state index in [0.29, 0.717) is 51.9 Å². The van der Waals surface area contributed by atoms with E-state index in [0.717, 1.165) is 23.5 Å². The predicted octanol–water partition coefficient (Wildman–Crippen LogP) is 3.27. The molecule has 3 heterocycles. The molecule has 0 aliphatic carbocycles. The first kappa shape index (κ1) is 19.3. The molecule has 1 aromatic carbocycles. The number of hydrogen-bond donors (Lipinski definition) is 0. The van der Waals surface area contributed by atoms with Gasteiger partial charge in [-0.15, -0.1) is 15.3 Å². The lowest BCUT2D eigenvalue weighted by Crippen LogP contribution is -2.24. The molecule has 0 spiro atoms. The van der Waals surface area contributed by atoms with Crippen LogP contribution in [-0.2, 0) is 17.0 Å². The van der Waals surface area contributed by atoms with Crippen LogP contribution in [0.15, 0.2) is 34.2 Å². The molecule has 0 fully saturated rings. The Balaban J connectivity index is 1.77. The van der Waals surface area contributed by atoms with E-state index in [1.165, 1.54) is 11.8 Å². The maximum absolute atomic E-state index is 13.0. The molecule has 0 saturated heterocycles. The van der Waals surface area contributed by atoms with Crippen LogP contribution in [0.4, 0.5) is 0 Å². The molecule has 0 bridgehead atoms.